The van der Waals surface area contributed by atoms with Gasteiger partial charge in [-0.15, -0.1) is 0 Å². The van der Waals surface area contributed by atoms with Crippen LogP contribution in [0.3, 0.4) is 0 Å². The predicted octanol–water partition coefficient (Wildman–Crippen LogP) is 2.16. The molecule has 1 rings (SSSR count). The maximum Gasteiger partial charge on any atom is 0.230 e. The number of nitrogens with one attached hydrogen (secondary N) is 2. The molecule has 0 radical (unpaired) electrons. The first-order valence-electron chi connectivity index (χ1n) is 4.49. The molecule has 0 heterocycles. The molecule has 16 heavy (non-hydrogen) atoms. The van der Waals surface area contributed by atoms with Gasteiger partial charge in [0.1, 0.15) is 0 Å². The first-order valence-corrected chi connectivity index (χ1v) is 5.65. The van der Waals surface area contributed by atoms with Gasteiger partial charge in [0, 0.05) is 17.1 Å². The first kappa shape index (κ1) is 13.2. The highest BCUT2D eigenvalue weighted by molar-refractivity contribution is 7.80. The molecule has 1 amide bonds. The summed E-state index contributed by atoms with van der Waals surface area (Å²) in [5.41, 5.74) is 0.599. The van der Waals surface area contributed by atoms with E-state index in [0.717, 1.165) is 0 Å². The minimum atomic E-state index is -0.255. The lowest BCUT2D eigenvalue weighted by atomic mass is 10.1. The lowest BCUT2D eigenvalue weighted by molar-refractivity contribution is -0.119. The Morgan fingerprint density at radius 1 is 1.38 bits per heavy atom. The summed E-state index contributed by atoms with van der Waals surface area (Å²) in [7, 11) is 1.63. The average Bonchev–Trinajstić information content (AvgIpc) is 2.23. The van der Waals surface area contributed by atoms with Crippen LogP contribution >= 0.6 is 35.4 Å². The van der Waals surface area contributed by atoms with Gasteiger partial charge in [0.05, 0.1) is 6.42 Å². The zero-order chi connectivity index (χ0) is 12.1. The quantitative estimate of drug-likeness (QED) is 0.814. The van der Waals surface area contributed by atoms with Crippen LogP contribution in [0, 0.1) is 0 Å². The standard InChI is InChI=1S/C10H10Cl2N2OS/c1-13-10(16)14-9(15)5-6-7(11)3-2-4-8(6)12/h2-4H,5H2,1H3,(H2,13,14,15,16). The largest absolute Gasteiger partial charge is 0.365 e. The van der Waals surface area contributed by atoms with E-state index in [2.05, 4.69) is 10.6 Å². The van der Waals surface area contributed by atoms with Crippen LogP contribution in [0.5, 0.6) is 0 Å². The molecule has 3 nitrogen and oxygen atoms in total. The number of carbonyl (C=O) groups excluding carboxylic acids is 1. The van der Waals surface area contributed by atoms with E-state index in [0.29, 0.717) is 15.6 Å². The summed E-state index contributed by atoms with van der Waals surface area (Å²) in [6.07, 6.45) is 0.0975. The Bertz CT molecular complexity index is 403. The predicted molar refractivity (Wildman–Crippen MR) is 70.0 cm³/mol. The zero-order valence-electron chi connectivity index (χ0n) is 8.51. The Labute approximate surface area is 109 Å². The Morgan fingerprint density at radius 2 is 1.94 bits per heavy atom. The molecule has 0 unspecified atom stereocenters. The van der Waals surface area contributed by atoms with Crippen molar-refractivity contribution in [3.8, 4) is 0 Å². The molecule has 0 spiro atoms. The van der Waals surface area contributed by atoms with Crippen molar-refractivity contribution in [1.29, 1.82) is 0 Å². The number of halogens is 2. The van der Waals surface area contributed by atoms with Crippen LogP contribution in [0.4, 0.5) is 0 Å². The number of hydrogen-bond acceptors (Lipinski definition) is 2. The highest BCUT2D eigenvalue weighted by Crippen LogP contribution is 2.24. The summed E-state index contributed by atoms with van der Waals surface area (Å²) in [4.78, 5) is 11.5. The number of benzene rings is 1. The molecule has 1 aromatic carbocycles. The van der Waals surface area contributed by atoms with Crippen molar-refractivity contribution in [2.75, 3.05) is 7.05 Å². The van der Waals surface area contributed by atoms with E-state index in [1.54, 1.807) is 25.2 Å². The van der Waals surface area contributed by atoms with Crippen molar-refractivity contribution >= 4 is 46.4 Å². The second kappa shape index (κ2) is 6.03. The highest BCUT2D eigenvalue weighted by Gasteiger charge is 2.11. The molecule has 0 aromatic heterocycles. The van der Waals surface area contributed by atoms with E-state index in [1.165, 1.54) is 0 Å². The molecule has 0 saturated carbocycles. The topological polar surface area (TPSA) is 41.1 Å². The second-order valence-electron chi connectivity index (χ2n) is 3.00. The normalized spacial score (nSPS) is 9.69. The lowest BCUT2D eigenvalue weighted by Gasteiger charge is -2.08. The van der Waals surface area contributed by atoms with E-state index in [9.17, 15) is 4.79 Å². The summed E-state index contributed by atoms with van der Waals surface area (Å²) in [6, 6.07) is 5.10. The molecule has 6 heteroatoms. The number of rotatable bonds is 2. The minimum Gasteiger partial charge on any atom is -0.365 e. The van der Waals surface area contributed by atoms with E-state index in [1.807, 2.05) is 0 Å². The second-order valence-corrected chi connectivity index (χ2v) is 4.23. The zero-order valence-corrected chi connectivity index (χ0v) is 10.8. The van der Waals surface area contributed by atoms with Crippen LogP contribution in [0.2, 0.25) is 10.0 Å². The fraction of sp³-hybridized carbons (Fsp3) is 0.200. The average molecular weight is 277 g/mol. The van der Waals surface area contributed by atoms with E-state index >= 15 is 0 Å². The van der Waals surface area contributed by atoms with Crippen molar-refractivity contribution in [3.63, 3.8) is 0 Å². The van der Waals surface area contributed by atoms with Crippen LogP contribution < -0.4 is 10.6 Å². The van der Waals surface area contributed by atoms with Gasteiger partial charge >= 0.3 is 0 Å². The molecule has 2 N–H and O–H groups in total. The van der Waals surface area contributed by atoms with Gasteiger partial charge in [0.25, 0.3) is 0 Å². The summed E-state index contributed by atoms with van der Waals surface area (Å²) < 4.78 is 0. The molecular weight excluding hydrogens is 267 g/mol. The van der Waals surface area contributed by atoms with Gasteiger partial charge in [-0.2, -0.15) is 0 Å². The highest BCUT2D eigenvalue weighted by atomic mass is 35.5. The van der Waals surface area contributed by atoms with Gasteiger partial charge in [0.2, 0.25) is 5.91 Å². The Balaban J connectivity index is 2.73. The van der Waals surface area contributed by atoms with Crippen molar-refractivity contribution < 1.29 is 4.79 Å². The maximum absolute atomic E-state index is 11.5. The fourth-order valence-corrected chi connectivity index (χ4v) is 1.74. The monoisotopic (exact) mass is 276 g/mol. The number of hydrogen-bond donors (Lipinski definition) is 2. The van der Waals surface area contributed by atoms with Gasteiger partial charge in [-0.05, 0) is 29.9 Å². The van der Waals surface area contributed by atoms with Crippen LogP contribution in [0.15, 0.2) is 18.2 Å². The summed E-state index contributed by atoms with van der Waals surface area (Å²) in [6.45, 7) is 0. The number of carbonyl (C=O) groups is 1. The van der Waals surface area contributed by atoms with Gasteiger partial charge in [0.15, 0.2) is 5.11 Å². The van der Waals surface area contributed by atoms with E-state index in [-0.39, 0.29) is 17.4 Å². The van der Waals surface area contributed by atoms with Crippen LogP contribution in [0.25, 0.3) is 0 Å². The SMILES string of the molecule is CNC(=S)NC(=O)Cc1c(Cl)cccc1Cl. The van der Waals surface area contributed by atoms with Crippen molar-refractivity contribution in [1.82, 2.24) is 10.6 Å². The molecule has 0 aliphatic carbocycles. The van der Waals surface area contributed by atoms with Gasteiger partial charge in [-0.25, -0.2) is 0 Å². The van der Waals surface area contributed by atoms with Crippen molar-refractivity contribution in [2.45, 2.75) is 6.42 Å². The van der Waals surface area contributed by atoms with Crippen LogP contribution in [-0.2, 0) is 11.2 Å². The van der Waals surface area contributed by atoms with E-state index < -0.39 is 0 Å². The molecule has 86 valence electrons. The molecule has 0 fully saturated rings. The number of thiocarbonyl (C=S) groups is 1. The van der Waals surface area contributed by atoms with Crippen molar-refractivity contribution in [2.24, 2.45) is 0 Å². The maximum atomic E-state index is 11.5. The van der Waals surface area contributed by atoms with Gasteiger partial charge < -0.3 is 10.6 Å². The Kier molecular flexibility index (Phi) is 4.99. The van der Waals surface area contributed by atoms with Gasteiger partial charge in [-0.1, -0.05) is 29.3 Å². The molecule has 0 atom stereocenters. The summed E-state index contributed by atoms with van der Waals surface area (Å²) in [5, 5.41) is 6.35. The molecule has 1 aromatic rings. The Hall–Kier alpha value is -0.840. The summed E-state index contributed by atoms with van der Waals surface area (Å²) >= 11 is 16.7. The molecule has 0 aliphatic rings. The molecule has 0 bridgehead atoms. The smallest absolute Gasteiger partial charge is 0.230 e. The van der Waals surface area contributed by atoms with E-state index in [4.69, 9.17) is 35.4 Å². The van der Waals surface area contributed by atoms with Crippen molar-refractivity contribution in [3.05, 3.63) is 33.8 Å². The van der Waals surface area contributed by atoms with Crippen LogP contribution in [0.1, 0.15) is 5.56 Å². The number of amides is 1. The Morgan fingerprint density at radius 3 is 2.44 bits per heavy atom. The lowest BCUT2D eigenvalue weighted by Crippen LogP contribution is -2.38. The van der Waals surface area contributed by atoms with Crippen LogP contribution in [-0.4, -0.2) is 18.1 Å². The molecule has 0 aliphatic heterocycles. The molecular formula is C10H10Cl2N2OS. The third-order valence-electron chi connectivity index (χ3n) is 1.88. The minimum absolute atomic E-state index is 0.0975. The fourth-order valence-electron chi connectivity index (χ4n) is 1.10. The van der Waals surface area contributed by atoms with Gasteiger partial charge in [-0.3, -0.25) is 4.79 Å². The third kappa shape index (κ3) is 3.63. The molecule has 0 saturated heterocycles. The first-order chi connectivity index (χ1) is 7.54. The third-order valence-corrected chi connectivity index (χ3v) is 2.89. The summed E-state index contributed by atoms with van der Waals surface area (Å²) in [5.74, 6) is -0.255.